The number of halogens is 2. The Labute approximate surface area is 373 Å². The third-order valence-corrected chi connectivity index (χ3v) is 13.7. The van der Waals surface area contributed by atoms with Crippen molar-refractivity contribution >= 4 is 50.9 Å². The van der Waals surface area contributed by atoms with Crippen molar-refractivity contribution in [2.75, 3.05) is 12.3 Å². The van der Waals surface area contributed by atoms with E-state index in [1.165, 1.54) is 19.1 Å². The maximum absolute atomic E-state index is 14.5. The van der Waals surface area contributed by atoms with Crippen molar-refractivity contribution in [2.45, 2.75) is 56.0 Å². The minimum Gasteiger partial charge on any atom is -0.489 e. The lowest BCUT2D eigenvalue weighted by molar-refractivity contribution is -0.142. The number of aliphatic carboxylic acids is 1. The van der Waals surface area contributed by atoms with Crippen LogP contribution < -0.4 is 25.3 Å². The van der Waals surface area contributed by atoms with Gasteiger partial charge in [0.1, 0.15) is 41.8 Å². The van der Waals surface area contributed by atoms with Gasteiger partial charge in [0.05, 0.1) is 27.4 Å². The number of benzene rings is 5. The van der Waals surface area contributed by atoms with Gasteiger partial charge in [-0.25, -0.2) is 18.2 Å². The van der Waals surface area contributed by atoms with Gasteiger partial charge in [0.25, 0.3) is 0 Å². The lowest BCUT2D eigenvalue weighted by Crippen LogP contribution is -2.55. The predicted molar refractivity (Wildman–Crippen MR) is 236 cm³/mol. The van der Waals surface area contributed by atoms with E-state index in [0.717, 1.165) is 26.6 Å². The second-order valence-corrected chi connectivity index (χ2v) is 17.8. The molecule has 13 nitrogen and oxygen atoms in total. The number of nitrogens with two attached hydrogens (primary N) is 1. The second-order valence-electron chi connectivity index (χ2n) is 15.2. The summed E-state index contributed by atoms with van der Waals surface area (Å²) < 4.78 is 48.6. The molecule has 5 aromatic carbocycles. The quantitative estimate of drug-likeness (QED) is 0.108. The number of pyridine rings is 1. The molecule has 16 heteroatoms. The number of nitrogens with one attached hydrogen (secondary N) is 1. The van der Waals surface area contributed by atoms with Crippen LogP contribution in [0, 0.1) is 18.3 Å². The van der Waals surface area contributed by atoms with Crippen molar-refractivity contribution in [1.29, 1.82) is 5.26 Å². The standard InChI is InChI=1S/C47H39Cl2N5O8S/c1-27-44(16-17-45(51)52-27)63(58,59)54-24-35-22-42-41(61-26-43(62-42)33-11-13-36(14-12-33)60-25-30-6-15-37(48)38(49)18-30)21-34(35)20-40(54)46(55)53-39(47(56)57)19-28-2-7-31(8-3-28)32-9-4-29(23-50)5-10-32/h2-18,21-22,39-40,43H,19-20,24-26H2,1H3,(H2,51,52)(H,53,55)(H,56,57). The number of carbonyl (C=O) groups excluding carboxylic acids is 1. The number of sulfonamides is 1. The number of carbonyl (C=O) groups is 2. The van der Waals surface area contributed by atoms with Crippen LogP contribution in [0.3, 0.4) is 0 Å². The van der Waals surface area contributed by atoms with Crippen molar-refractivity contribution < 1.29 is 37.3 Å². The molecule has 0 saturated carbocycles. The first-order chi connectivity index (χ1) is 30.2. The molecular formula is C47H39Cl2N5O8S. The number of nitriles is 1. The molecule has 0 saturated heterocycles. The van der Waals surface area contributed by atoms with Gasteiger partial charge in [0, 0.05) is 13.0 Å². The van der Waals surface area contributed by atoms with Gasteiger partial charge in [-0.1, -0.05) is 77.8 Å². The molecule has 2 aliphatic rings. The van der Waals surface area contributed by atoms with Crippen LogP contribution >= 0.6 is 23.2 Å². The summed E-state index contributed by atoms with van der Waals surface area (Å²) >= 11 is 12.2. The summed E-state index contributed by atoms with van der Waals surface area (Å²) in [6, 6.07) is 32.5. The Kier molecular flexibility index (Phi) is 12.3. The van der Waals surface area contributed by atoms with E-state index in [0.29, 0.717) is 56.2 Å². The first kappa shape index (κ1) is 43.0. The van der Waals surface area contributed by atoms with Gasteiger partial charge in [0.15, 0.2) is 17.6 Å². The number of carboxylic acid groups (broad SMARTS) is 1. The number of fused-ring (bicyclic) bond motifs is 2. The van der Waals surface area contributed by atoms with Gasteiger partial charge in [-0.3, -0.25) is 4.79 Å². The number of nitrogen functional groups attached to an aromatic ring is 1. The summed E-state index contributed by atoms with van der Waals surface area (Å²) in [5.74, 6) is -0.496. The third kappa shape index (κ3) is 9.42. The van der Waals surface area contributed by atoms with E-state index in [9.17, 15) is 23.1 Å². The van der Waals surface area contributed by atoms with Crippen molar-refractivity contribution in [3.63, 3.8) is 0 Å². The molecule has 1 aromatic heterocycles. The van der Waals surface area contributed by atoms with E-state index in [1.54, 1.807) is 48.5 Å². The summed E-state index contributed by atoms with van der Waals surface area (Å²) in [6.45, 7) is 1.75. The molecule has 6 aromatic rings. The van der Waals surface area contributed by atoms with Crippen LogP contribution in [0.4, 0.5) is 5.82 Å². The van der Waals surface area contributed by atoms with Crippen LogP contribution in [0.25, 0.3) is 11.1 Å². The topological polar surface area (TPSA) is 194 Å². The van der Waals surface area contributed by atoms with Crippen LogP contribution in [0.2, 0.25) is 10.0 Å². The number of hydrogen-bond acceptors (Lipinski definition) is 10. The Balaban J connectivity index is 1.02. The predicted octanol–water partition coefficient (Wildman–Crippen LogP) is 7.84. The summed E-state index contributed by atoms with van der Waals surface area (Å²) in [5, 5.41) is 22.9. The Morgan fingerprint density at radius 1 is 0.921 bits per heavy atom. The molecule has 2 aliphatic heterocycles. The number of aromatic nitrogens is 1. The zero-order valence-electron chi connectivity index (χ0n) is 33.6. The molecule has 0 bridgehead atoms. The smallest absolute Gasteiger partial charge is 0.326 e. The fraction of sp³-hybridized carbons (Fsp3) is 0.191. The van der Waals surface area contributed by atoms with Gasteiger partial charge in [-0.2, -0.15) is 9.57 Å². The Bertz CT molecular complexity index is 2870. The van der Waals surface area contributed by atoms with Crippen LogP contribution in [0.5, 0.6) is 17.2 Å². The molecule has 3 unspecified atom stereocenters. The number of nitrogens with zero attached hydrogens (tertiary/aromatic N) is 3. The zero-order chi connectivity index (χ0) is 44.4. The molecule has 0 aliphatic carbocycles. The summed E-state index contributed by atoms with van der Waals surface area (Å²) in [5.41, 5.74) is 11.8. The Morgan fingerprint density at radius 2 is 1.60 bits per heavy atom. The number of carboxylic acids is 1. The highest BCUT2D eigenvalue weighted by Gasteiger charge is 2.42. The first-order valence-electron chi connectivity index (χ1n) is 19.8. The first-order valence-corrected chi connectivity index (χ1v) is 21.9. The number of aryl methyl sites for hydroxylation is 1. The minimum atomic E-state index is -4.41. The largest absolute Gasteiger partial charge is 0.489 e. The van der Waals surface area contributed by atoms with E-state index in [4.69, 9.17) is 48.4 Å². The number of anilines is 1. The van der Waals surface area contributed by atoms with Gasteiger partial charge in [-0.15, -0.1) is 0 Å². The molecule has 4 N–H and O–H groups in total. The SMILES string of the molecule is Cc1nc(N)ccc1S(=O)(=O)N1Cc2cc3c(cc2CC1C(=O)NC(Cc1ccc(-c2ccc(C#N)cc2)cc1)C(=O)O)OCC(c1ccc(OCc2ccc(Cl)c(Cl)c2)cc1)O3. The zero-order valence-corrected chi connectivity index (χ0v) is 36.0. The molecule has 0 fully saturated rings. The molecule has 8 rings (SSSR count). The Hall–Kier alpha value is -6.63. The van der Waals surface area contributed by atoms with Crippen molar-refractivity contribution in [3.8, 4) is 34.4 Å². The van der Waals surface area contributed by atoms with Gasteiger partial charge in [0.2, 0.25) is 15.9 Å². The maximum atomic E-state index is 14.5. The summed E-state index contributed by atoms with van der Waals surface area (Å²) in [7, 11) is -4.41. The number of ether oxygens (including phenoxy) is 3. The fourth-order valence-corrected chi connectivity index (χ4v) is 9.63. The molecule has 1 amide bonds. The molecule has 3 atom stereocenters. The maximum Gasteiger partial charge on any atom is 0.326 e. The lowest BCUT2D eigenvalue weighted by atomic mass is 9.93. The van der Waals surface area contributed by atoms with Gasteiger partial charge < -0.3 is 30.4 Å². The normalized spacial score (nSPS) is 16.3. The minimum absolute atomic E-state index is 0.0693. The summed E-state index contributed by atoms with van der Waals surface area (Å²) in [4.78, 5) is 30.9. The van der Waals surface area contributed by atoms with Crippen LogP contribution in [-0.4, -0.2) is 53.4 Å². The van der Waals surface area contributed by atoms with Crippen LogP contribution in [-0.2, 0) is 45.6 Å². The van der Waals surface area contributed by atoms with E-state index < -0.39 is 40.1 Å². The highest BCUT2D eigenvalue weighted by Crippen LogP contribution is 2.42. The molecule has 3 heterocycles. The monoisotopic (exact) mass is 903 g/mol. The van der Waals surface area contributed by atoms with Gasteiger partial charge in [-0.05, 0) is 113 Å². The van der Waals surface area contributed by atoms with E-state index in [1.807, 2.05) is 54.6 Å². The van der Waals surface area contributed by atoms with Gasteiger partial charge >= 0.3 is 5.97 Å². The average Bonchev–Trinajstić information content (AvgIpc) is 3.28. The number of rotatable bonds is 12. The van der Waals surface area contributed by atoms with E-state index in [-0.39, 0.29) is 42.4 Å². The number of amides is 1. The average molecular weight is 905 g/mol. The molecular weight excluding hydrogens is 866 g/mol. The van der Waals surface area contributed by atoms with E-state index in [2.05, 4.69) is 16.4 Å². The molecule has 0 radical (unpaired) electrons. The summed E-state index contributed by atoms with van der Waals surface area (Å²) in [6.07, 6.45) is -0.651. The highest BCUT2D eigenvalue weighted by atomic mass is 35.5. The Morgan fingerprint density at radius 3 is 2.27 bits per heavy atom. The van der Waals surface area contributed by atoms with Crippen molar-refractivity contribution in [2.24, 2.45) is 0 Å². The van der Waals surface area contributed by atoms with Crippen LogP contribution in [0.15, 0.2) is 120 Å². The second kappa shape index (κ2) is 18.0. The van der Waals surface area contributed by atoms with Crippen molar-refractivity contribution in [3.05, 3.63) is 164 Å². The fourth-order valence-electron chi connectivity index (χ4n) is 7.58. The lowest BCUT2D eigenvalue weighted by Gasteiger charge is -2.37. The third-order valence-electron chi connectivity index (χ3n) is 11.0. The van der Waals surface area contributed by atoms with Crippen LogP contribution in [0.1, 0.15) is 45.2 Å². The van der Waals surface area contributed by atoms with E-state index >= 15 is 0 Å². The number of hydrogen-bond donors (Lipinski definition) is 3. The van der Waals surface area contributed by atoms with Crippen molar-refractivity contribution in [1.82, 2.24) is 14.6 Å². The molecule has 320 valence electrons. The highest BCUT2D eigenvalue weighted by molar-refractivity contribution is 7.89. The molecule has 63 heavy (non-hydrogen) atoms. The molecule has 0 spiro atoms.